The fourth-order valence-electron chi connectivity index (χ4n) is 6.09. The summed E-state index contributed by atoms with van der Waals surface area (Å²) in [7, 11) is 0. The molecular weight excluding hydrogens is 447 g/mol. The van der Waals surface area contributed by atoms with E-state index in [0.29, 0.717) is 0 Å². The van der Waals surface area contributed by atoms with Crippen LogP contribution < -0.4 is 26.2 Å². The maximum Gasteiger partial charge on any atom is 0.252 e. The first-order valence-electron chi connectivity index (χ1n) is 13.1. The van der Waals surface area contributed by atoms with E-state index in [1.165, 1.54) is 72.8 Å². The van der Waals surface area contributed by atoms with Crippen molar-refractivity contribution in [3.8, 4) is 0 Å². The molecule has 2 nitrogen and oxygen atoms in total. The van der Waals surface area contributed by atoms with Gasteiger partial charge in [-0.3, -0.25) is 0 Å². The van der Waals surface area contributed by atoms with Gasteiger partial charge in [-0.05, 0) is 104 Å². The first-order chi connectivity index (χ1) is 18.0. The third-order valence-corrected chi connectivity index (χ3v) is 7.89. The summed E-state index contributed by atoms with van der Waals surface area (Å²) < 4.78 is 0. The van der Waals surface area contributed by atoms with E-state index in [1.807, 2.05) is 0 Å². The number of anilines is 6. The van der Waals surface area contributed by atoms with Crippen LogP contribution in [0.2, 0.25) is 0 Å². The van der Waals surface area contributed by atoms with Crippen molar-refractivity contribution in [1.29, 1.82) is 0 Å². The van der Waals surface area contributed by atoms with Crippen LogP contribution in [0.3, 0.4) is 0 Å². The Morgan fingerprint density at radius 3 is 1.27 bits per heavy atom. The Labute approximate surface area is 219 Å². The van der Waals surface area contributed by atoms with Crippen LogP contribution in [-0.2, 0) is 0 Å². The molecule has 0 saturated carbocycles. The Bertz CT molecular complexity index is 1550. The van der Waals surface area contributed by atoms with Gasteiger partial charge < -0.3 is 9.80 Å². The van der Waals surface area contributed by atoms with Crippen LogP contribution in [0.25, 0.3) is 0 Å². The molecule has 0 saturated heterocycles. The number of nitrogens with zero attached hydrogens (tertiary/aromatic N) is 2. The maximum atomic E-state index is 2.46. The summed E-state index contributed by atoms with van der Waals surface area (Å²) in [6, 6.07) is 38.6. The monoisotopic (exact) mass is 476 g/mol. The van der Waals surface area contributed by atoms with Gasteiger partial charge in [0.25, 0.3) is 6.71 Å². The van der Waals surface area contributed by atoms with Crippen molar-refractivity contribution in [2.75, 3.05) is 9.80 Å². The van der Waals surface area contributed by atoms with E-state index >= 15 is 0 Å². The highest BCUT2D eigenvalue weighted by Crippen LogP contribution is 2.43. The Hall–Kier alpha value is -4.24. The van der Waals surface area contributed by atoms with Crippen LogP contribution in [0.5, 0.6) is 0 Å². The minimum atomic E-state index is 0.181. The van der Waals surface area contributed by atoms with E-state index in [4.69, 9.17) is 0 Å². The van der Waals surface area contributed by atoms with Crippen molar-refractivity contribution in [3.05, 3.63) is 125 Å². The molecule has 178 valence electrons. The molecule has 0 aromatic heterocycles. The first-order valence-corrected chi connectivity index (χ1v) is 13.1. The first kappa shape index (κ1) is 22.0. The molecule has 7 rings (SSSR count). The van der Waals surface area contributed by atoms with Crippen molar-refractivity contribution in [2.24, 2.45) is 0 Å². The Balaban J connectivity index is 1.57. The van der Waals surface area contributed by atoms with E-state index in [0.717, 1.165) is 0 Å². The lowest BCUT2D eigenvalue weighted by Gasteiger charge is -2.44. The molecule has 0 aliphatic carbocycles. The second-order valence-corrected chi connectivity index (χ2v) is 10.6. The Morgan fingerprint density at radius 2 is 0.838 bits per heavy atom. The molecule has 2 heterocycles. The Morgan fingerprint density at radius 1 is 0.432 bits per heavy atom. The second kappa shape index (κ2) is 8.14. The number of hydrogen-bond donors (Lipinski definition) is 0. The van der Waals surface area contributed by atoms with E-state index in [1.54, 1.807) is 0 Å². The van der Waals surface area contributed by atoms with Gasteiger partial charge in [-0.25, -0.2) is 0 Å². The molecular formula is C34H29BN2. The van der Waals surface area contributed by atoms with Crippen molar-refractivity contribution in [2.45, 2.75) is 27.7 Å². The fraction of sp³-hybridized carbons (Fsp3) is 0.118. The molecule has 2 aliphatic rings. The Kier molecular flexibility index (Phi) is 4.84. The van der Waals surface area contributed by atoms with Gasteiger partial charge in [0.05, 0.1) is 0 Å². The van der Waals surface area contributed by atoms with Crippen molar-refractivity contribution in [3.63, 3.8) is 0 Å². The van der Waals surface area contributed by atoms with Gasteiger partial charge in [-0.2, -0.15) is 0 Å². The molecule has 0 amide bonds. The maximum absolute atomic E-state index is 2.46. The molecule has 5 aromatic carbocycles. The summed E-state index contributed by atoms with van der Waals surface area (Å²) in [5.74, 6) is 0. The van der Waals surface area contributed by atoms with E-state index in [2.05, 4.69) is 141 Å². The summed E-state index contributed by atoms with van der Waals surface area (Å²) in [5, 5.41) is 0. The lowest BCUT2D eigenvalue weighted by atomic mass is 9.33. The average molecular weight is 476 g/mol. The van der Waals surface area contributed by atoms with E-state index < -0.39 is 0 Å². The zero-order chi connectivity index (χ0) is 25.3. The van der Waals surface area contributed by atoms with Crippen LogP contribution in [0.15, 0.2) is 103 Å². The SMILES string of the molecule is Cc1ccc(N2c3cc(C)ccc3B3c4ccc(C)cc4N(c4ccc(C)cc4)c4cccc2c43)cc1. The third-order valence-electron chi connectivity index (χ3n) is 7.89. The lowest BCUT2D eigenvalue weighted by Crippen LogP contribution is -2.61. The van der Waals surface area contributed by atoms with E-state index in [9.17, 15) is 0 Å². The van der Waals surface area contributed by atoms with Gasteiger partial charge >= 0.3 is 0 Å². The molecule has 2 aliphatic heterocycles. The molecule has 0 atom stereocenters. The molecule has 0 fully saturated rings. The second-order valence-electron chi connectivity index (χ2n) is 10.6. The molecule has 3 heteroatoms. The fourth-order valence-corrected chi connectivity index (χ4v) is 6.09. The predicted octanol–water partition coefficient (Wildman–Crippen LogP) is 7.00. The number of rotatable bonds is 2. The zero-order valence-electron chi connectivity index (χ0n) is 21.8. The quantitative estimate of drug-likeness (QED) is 0.248. The number of aryl methyl sites for hydroxylation is 4. The summed E-state index contributed by atoms with van der Waals surface area (Å²) in [4.78, 5) is 4.92. The van der Waals surface area contributed by atoms with Crippen LogP contribution in [0, 0.1) is 27.7 Å². The summed E-state index contributed by atoms with van der Waals surface area (Å²) >= 11 is 0. The van der Waals surface area contributed by atoms with Gasteiger partial charge in [-0.1, -0.05) is 65.7 Å². The van der Waals surface area contributed by atoms with Crippen LogP contribution in [-0.4, -0.2) is 6.71 Å². The highest BCUT2D eigenvalue weighted by Gasteiger charge is 2.42. The van der Waals surface area contributed by atoms with Crippen molar-refractivity contribution < 1.29 is 0 Å². The molecule has 0 radical (unpaired) electrons. The normalized spacial score (nSPS) is 13.2. The number of hydrogen-bond acceptors (Lipinski definition) is 2. The smallest absolute Gasteiger partial charge is 0.252 e. The predicted molar refractivity (Wildman–Crippen MR) is 159 cm³/mol. The number of fused-ring (bicyclic) bond motifs is 4. The molecule has 0 N–H and O–H groups in total. The molecule has 37 heavy (non-hydrogen) atoms. The van der Waals surface area contributed by atoms with Gasteiger partial charge in [0.15, 0.2) is 0 Å². The van der Waals surface area contributed by atoms with Crippen molar-refractivity contribution in [1.82, 2.24) is 0 Å². The van der Waals surface area contributed by atoms with Gasteiger partial charge in [-0.15, -0.1) is 0 Å². The topological polar surface area (TPSA) is 6.48 Å². The molecule has 0 bridgehead atoms. The summed E-state index contributed by atoms with van der Waals surface area (Å²) in [5.41, 5.74) is 16.6. The highest BCUT2D eigenvalue weighted by atomic mass is 15.2. The molecule has 0 spiro atoms. The molecule has 0 unspecified atom stereocenters. The largest absolute Gasteiger partial charge is 0.311 e. The molecule has 5 aromatic rings. The van der Waals surface area contributed by atoms with Crippen LogP contribution in [0.1, 0.15) is 22.3 Å². The van der Waals surface area contributed by atoms with Crippen LogP contribution >= 0.6 is 0 Å². The zero-order valence-corrected chi connectivity index (χ0v) is 21.8. The highest BCUT2D eigenvalue weighted by molar-refractivity contribution is 7.00. The van der Waals surface area contributed by atoms with E-state index in [-0.39, 0.29) is 6.71 Å². The van der Waals surface area contributed by atoms with Crippen molar-refractivity contribution >= 4 is 57.2 Å². The summed E-state index contributed by atoms with van der Waals surface area (Å²) in [6.45, 7) is 8.86. The standard InChI is InChI=1S/C34H29BN2/c1-22-8-14-26(15-9-22)36-30-6-5-7-31-34(30)35(28-18-12-24(3)20-32(28)36)29-19-13-25(4)21-33(29)37(31)27-16-10-23(2)11-17-27/h5-21H,1-4H3. The third kappa shape index (κ3) is 3.34. The minimum Gasteiger partial charge on any atom is -0.311 e. The lowest BCUT2D eigenvalue weighted by molar-refractivity contribution is 1.24. The average Bonchev–Trinajstić information content (AvgIpc) is 2.90. The summed E-state index contributed by atoms with van der Waals surface area (Å²) in [6.07, 6.45) is 0. The van der Waals surface area contributed by atoms with Gasteiger partial charge in [0.2, 0.25) is 0 Å². The minimum absolute atomic E-state index is 0.181. The van der Waals surface area contributed by atoms with Crippen LogP contribution in [0.4, 0.5) is 34.1 Å². The number of benzene rings is 5. The van der Waals surface area contributed by atoms with Gasteiger partial charge in [0, 0.05) is 34.1 Å². The van der Waals surface area contributed by atoms with Gasteiger partial charge in [0.1, 0.15) is 0 Å².